The van der Waals surface area contributed by atoms with Crippen LogP contribution in [-0.4, -0.2) is 0 Å². The summed E-state index contributed by atoms with van der Waals surface area (Å²) in [6, 6.07) is 84.2. The molecule has 2 nitrogen and oxygen atoms in total. The van der Waals surface area contributed by atoms with Gasteiger partial charge in [0.15, 0.2) is 0 Å². The SMILES string of the molecule is CC1(C)c2ccccc2N(c2ccc3c(ccc4cc(N5c6ccccc6C(C)(C)c6cc7c(cc65)sc5cc6ccc8cccc9ccc(c57)c6c89)ccc43)c2)c2cc3sc4cc5ccc6cccc7ccc(c4c3cc21)c5c67. The zero-order valence-electron chi connectivity index (χ0n) is 44.5. The number of nitrogens with zero attached hydrogens (tertiary/aromatic N) is 2. The van der Waals surface area contributed by atoms with Crippen LogP contribution in [0, 0.1) is 0 Å². The highest BCUT2D eigenvalue weighted by molar-refractivity contribution is 7.26. The van der Waals surface area contributed by atoms with Crippen LogP contribution in [0.25, 0.3) is 127 Å². The van der Waals surface area contributed by atoms with Gasteiger partial charge in [0.05, 0.1) is 22.7 Å². The van der Waals surface area contributed by atoms with Crippen LogP contribution in [-0.2, 0) is 10.8 Å². The van der Waals surface area contributed by atoms with Gasteiger partial charge in [-0.15, -0.1) is 22.7 Å². The van der Waals surface area contributed by atoms with Crippen molar-refractivity contribution in [2.24, 2.45) is 0 Å². The zero-order valence-corrected chi connectivity index (χ0v) is 46.1. The van der Waals surface area contributed by atoms with E-state index in [9.17, 15) is 0 Å². The van der Waals surface area contributed by atoms with Gasteiger partial charge in [0.2, 0.25) is 0 Å². The highest BCUT2D eigenvalue weighted by atomic mass is 32.1. The third kappa shape index (κ3) is 5.53. The number of benzene rings is 15. The maximum absolute atomic E-state index is 2.55. The lowest BCUT2D eigenvalue weighted by Crippen LogP contribution is -2.30. The summed E-state index contributed by atoms with van der Waals surface area (Å²) in [5.74, 6) is 0. The summed E-state index contributed by atoms with van der Waals surface area (Å²) in [4.78, 5) is 5.08. The Kier molecular flexibility index (Phi) is 8.22. The fraction of sp³-hybridized carbons (Fsp3) is 0.0789. The molecule has 0 saturated carbocycles. The van der Waals surface area contributed by atoms with Crippen LogP contribution in [0.4, 0.5) is 34.1 Å². The number of rotatable bonds is 2. The Hall–Kier alpha value is -9.06. The molecule has 2 aliphatic heterocycles. The van der Waals surface area contributed by atoms with Crippen molar-refractivity contribution < 1.29 is 0 Å². The lowest BCUT2D eigenvalue weighted by Gasteiger charge is -2.42. The average molecular weight is 1050 g/mol. The molecule has 15 aromatic carbocycles. The molecule has 0 aliphatic carbocycles. The first-order chi connectivity index (χ1) is 39.1. The van der Waals surface area contributed by atoms with Crippen molar-refractivity contribution in [3.8, 4) is 0 Å². The second kappa shape index (κ2) is 15.0. The first kappa shape index (κ1) is 43.9. The van der Waals surface area contributed by atoms with Gasteiger partial charge in [-0.25, -0.2) is 0 Å². The molecular weight excluding hydrogens is 1000 g/mol. The predicted octanol–water partition coefficient (Wildman–Crippen LogP) is 22.7. The number of fused-ring (bicyclic) bond motifs is 15. The minimum absolute atomic E-state index is 0.225. The van der Waals surface area contributed by atoms with Crippen molar-refractivity contribution in [2.75, 3.05) is 9.80 Å². The molecule has 4 heterocycles. The van der Waals surface area contributed by atoms with Crippen molar-refractivity contribution in [3.63, 3.8) is 0 Å². The standard InChI is InChI=1S/C76H48N2S2/c1-75(2)57-15-5-7-17-61(57)77(63-39-65-55(37-59(63)75)73-53-29-25-43-13-9-11-41-19-23-47(35-67(73)79-65)71(53)69(41)43)49-27-31-51-45(33-49)21-22-46-34-50(28-32-52(46)51)78-62-18-8-6-16-58(62)76(3,4)60-38-56-66(40-64(60)78)80-68-36-48-24-20-42-12-10-14-44-26-30-54(74(56)68)72(48)70(42)44/h5-40H,1-4H3. The Labute approximate surface area is 469 Å². The first-order valence-electron chi connectivity index (χ1n) is 28.0. The van der Waals surface area contributed by atoms with Crippen LogP contribution in [0.1, 0.15) is 49.9 Å². The maximum Gasteiger partial charge on any atom is 0.0517 e. The van der Waals surface area contributed by atoms with Gasteiger partial charge in [-0.05, 0) is 181 Å². The van der Waals surface area contributed by atoms with Gasteiger partial charge in [-0.1, -0.05) is 173 Å². The molecule has 80 heavy (non-hydrogen) atoms. The average Bonchev–Trinajstić information content (AvgIpc) is 4.06. The third-order valence-corrected chi connectivity index (χ3v) is 21.4. The smallest absolute Gasteiger partial charge is 0.0517 e. The van der Waals surface area contributed by atoms with E-state index in [1.54, 1.807) is 0 Å². The molecule has 374 valence electrons. The second-order valence-corrected chi connectivity index (χ2v) is 26.1. The summed E-state index contributed by atoms with van der Waals surface area (Å²) in [6.07, 6.45) is 0. The Morgan fingerprint density at radius 3 is 1.09 bits per heavy atom. The van der Waals surface area contributed by atoms with E-state index in [0.717, 1.165) is 0 Å². The van der Waals surface area contributed by atoms with Gasteiger partial charge in [-0.3, -0.25) is 0 Å². The molecule has 0 amide bonds. The number of thiophene rings is 2. The lowest BCUT2D eigenvalue weighted by atomic mass is 9.73. The van der Waals surface area contributed by atoms with E-state index in [-0.39, 0.29) is 10.8 Å². The summed E-state index contributed by atoms with van der Waals surface area (Å²) in [5.41, 5.74) is 12.3. The Morgan fingerprint density at radius 1 is 0.250 bits per heavy atom. The monoisotopic (exact) mass is 1050 g/mol. The van der Waals surface area contributed by atoms with E-state index < -0.39 is 0 Å². The number of anilines is 6. The fourth-order valence-corrected chi connectivity index (χ4v) is 17.8. The van der Waals surface area contributed by atoms with Gasteiger partial charge in [0.1, 0.15) is 0 Å². The molecule has 4 heteroatoms. The molecule has 2 aromatic heterocycles. The molecule has 0 radical (unpaired) electrons. The highest BCUT2D eigenvalue weighted by Gasteiger charge is 2.40. The van der Waals surface area contributed by atoms with Gasteiger partial charge in [0, 0.05) is 62.5 Å². The van der Waals surface area contributed by atoms with E-state index in [1.807, 2.05) is 22.7 Å². The number of hydrogen-bond acceptors (Lipinski definition) is 4. The van der Waals surface area contributed by atoms with Gasteiger partial charge in [0.25, 0.3) is 0 Å². The van der Waals surface area contributed by atoms with Crippen LogP contribution in [0.2, 0.25) is 0 Å². The van der Waals surface area contributed by atoms with E-state index >= 15 is 0 Å². The van der Waals surface area contributed by atoms with E-state index in [4.69, 9.17) is 0 Å². The number of para-hydroxylation sites is 2. The van der Waals surface area contributed by atoms with Crippen LogP contribution in [0.3, 0.4) is 0 Å². The molecular formula is C76H48N2S2. The molecule has 0 unspecified atom stereocenters. The quantitative estimate of drug-likeness (QED) is 0.159. The van der Waals surface area contributed by atoms with Gasteiger partial charge >= 0.3 is 0 Å². The molecule has 17 aromatic rings. The molecule has 0 saturated heterocycles. The molecule has 2 aliphatic rings. The summed E-state index contributed by atoms with van der Waals surface area (Å²) in [6.45, 7) is 9.66. The summed E-state index contributed by atoms with van der Waals surface area (Å²) in [7, 11) is 0. The lowest BCUT2D eigenvalue weighted by molar-refractivity contribution is 0.633. The molecule has 19 rings (SSSR count). The second-order valence-electron chi connectivity index (χ2n) is 24.0. The van der Waals surface area contributed by atoms with Crippen molar-refractivity contribution in [1.82, 2.24) is 0 Å². The van der Waals surface area contributed by atoms with Crippen molar-refractivity contribution in [1.29, 1.82) is 0 Å². The summed E-state index contributed by atoms with van der Waals surface area (Å²) >= 11 is 3.86. The van der Waals surface area contributed by atoms with Crippen molar-refractivity contribution in [3.05, 3.63) is 241 Å². The minimum atomic E-state index is -0.225. The third-order valence-electron chi connectivity index (χ3n) is 19.2. The Bertz CT molecular complexity index is 5260. The maximum atomic E-state index is 2.55. The Morgan fingerprint density at radius 2 is 0.637 bits per heavy atom. The van der Waals surface area contributed by atoms with Crippen LogP contribution < -0.4 is 9.80 Å². The Balaban J connectivity index is 0.758. The van der Waals surface area contributed by atoms with Crippen LogP contribution >= 0.6 is 22.7 Å². The number of hydrogen-bond donors (Lipinski definition) is 0. The van der Waals surface area contributed by atoms with Gasteiger partial charge < -0.3 is 9.80 Å². The van der Waals surface area contributed by atoms with Gasteiger partial charge in [-0.2, -0.15) is 0 Å². The normalized spacial score (nSPS) is 14.9. The van der Waals surface area contributed by atoms with E-state index in [1.165, 1.54) is 183 Å². The zero-order chi connectivity index (χ0) is 52.7. The molecule has 0 fully saturated rings. The largest absolute Gasteiger partial charge is 0.310 e. The van der Waals surface area contributed by atoms with Crippen molar-refractivity contribution in [2.45, 2.75) is 38.5 Å². The summed E-state index contributed by atoms with van der Waals surface area (Å²) < 4.78 is 5.32. The van der Waals surface area contributed by atoms with Crippen LogP contribution in [0.5, 0.6) is 0 Å². The first-order valence-corrected chi connectivity index (χ1v) is 29.7. The van der Waals surface area contributed by atoms with Crippen LogP contribution in [0.15, 0.2) is 218 Å². The molecule has 0 spiro atoms. The predicted molar refractivity (Wildman–Crippen MR) is 348 cm³/mol. The minimum Gasteiger partial charge on any atom is -0.310 e. The molecule has 0 N–H and O–H groups in total. The molecule has 0 bridgehead atoms. The van der Waals surface area contributed by atoms with Crippen molar-refractivity contribution >= 4 is 183 Å². The summed E-state index contributed by atoms with van der Waals surface area (Å²) in [5, 5.41) is 26.5. The fourth-order valence-electron chi connectivity index (χ4n) is 15.4. The highest BCUT2D eigenvalue weighted by Crippen LogP contribution is 2.58. The van der Waals surface area contributed by atoms with E-state index in [2.05, 4.69) is 256 Å². The topological polar surface area (TPSA) is 6.48 Å². The van der Waals surface area contributed by atoms with E-state index in [0.29, 0.717) is 0 Å². The molecule has 0 atom stereocenters.